The van der Waals surface area contributed by atoms with Gasteiger partial charge in [0.05, 0.1) is 0 Å². The molecule has 2 rings (SSSR count). The van der Waals surface area contributed by atoms with Gasteiger partial charge in [-0.15, -0.1) is 0 Å². The summed E-state index contributed by atoms with van der Waals surface area (Å²) in [4.78, 5) is 2.41. The van der Waals surface area contributed by atoms with Crippen LogP contribution in [-0.2, 0) is 0 Å². The Balaban J connectivity index is 2.08. The number of halogens is 1. The first kappa shape index (κ1) is 9.07. The highest BCUT2D eigenvalue weighted by Crippen LogP contribution is 2.33. The zero-order chi connectivity index (χ0) is 9.47. The molecule has 1 heterocycles. The fourth-order valence-electron chi connectivity index (χ4n) is 1.82. The summed E-state index contributed by atoms with van der Waals surface area (Å²) in [5, 5.41) is 0. The summed E-state index contributed by atoms with van der Waals surface area (Å²) in [6.07, 6.45) is 0. The Kier molecular flexibility index (Phi) is 2.11. The third kappa shape index (κ3) is 1.88. The lowest BCUT2D eigenvalue weighted by Gasteiger charge is -2.47. The molecule has 1 aromatic carbocycles. The molecule has 0 aliphatic carbocycles. The van der Waals surface area contributed by atoms with Gasteiger partial charge in [0.2, 0.25) is 0 Å². The molecule has 1 nitrogen and oxygen atoms in total. The van der Waals surface area contributed by atoms with Gasteiger partial charge in [-0.25, -0.2) is 0 Å². The third-order valence-electron chi connectivity index (χ3n) is 2.43. The number of rotatable bonds is 1. The third-order valence-corrected chi connectivity index (χ3v) is 2.96. The summed E-state index contributed by atoms with van der Waals surface area (Å²) < 4.78 is 1.15. The molecule has 1 aliphatic rings. The molecule has 2 heteroatoms. The van der Waals surface area contributed by atoms with Crippen molar-refractivity contribution in [2.24, 2.45) is 5.41 Å². The second-order valence-electron chi connectivity index (χ2n) is 4.50. The van der Waals surface area contributed by atoms with Crippen LogP contribution in [0.1, 0.15) is 13.8 Å². The van der Waals surface area contributed by atoms with Crippen LogP contribution < -0.4 is 4.90 Å². The summed E-state index contributed by atoms with van der Waals surface area (Å²) in [6, 6.07) is 8.53. The number of nitrogens with zero attached hydrogens (tertiary/aromatic N) is 1. The van der Waals surface area contributed by atoms with Crippen LogP contribution in [0.25, 0.3) is 0 Å². The molecule has 0 N–H and O–H groups in total. The van der Waals surface area contributed by atoms with E-state index < -0.39 is 0 Å². The van der Waals surface area contributed by atoms with Crippen LogP contribution in [0.5, 0.6) is 0 Å². The van der Waals surface area contributed by atoms with E-state index >= 15 is 0 Å². The zero-order valence-corrected chi connectivity index (χ0v) is 9.63. The van der Waals surface area contributed by atoms with E-state index in [9.17, 15) is 0 Å². The van der Waals surface area contributed by atoms with Gasteiger partial charge in [0, 0.05) is 23.2 Å². The smallest absolute Gasteiger partial charge is 0.0367 e. The Labute approximate surface area is 87.9 Å². The van der Waals surface area contributed by atoms with E-state index in [0.29, 0.717) is 5.41 Å². The van der Waals surface area contributed by atoms with Gasteiger partial charge in [-0.3, -0.25) is 0 Å². The maximum Gasteiger partial charge on any atom is 0.0367 e. The summed E-state index contributed by atoms with van der Waals surface area (Å²) >= 11 is 3.44. The van der Waals surface area contributed by atoms with Crippen molar-refractivity contribution in [3.05, 3.63) is 28.7 Å². The molecule has 70 valence electrons. The molecule has 1 aliphatic heterocycles. The normalized spacial score (nSPS) is 19.8. The van der Waals surface area contributed by atoms with Crippen LogP contribution in [0.2, 0.25) is 0 Å². The molecule has 1 aromatic rings. The lowest BCUT2D eigenvalue weighted by Crippen LogP contribution is -2.53. The molecule has 13 heavy (non-hydrogen) atoms. The van der Waals surface area contributed by atoms with Crippen molar-refractivity contribution in [1.29, 1.82) is 0 Å². The average molecular weight is 240 g/mol. The number of hydrogen-bond acceptors (Lipinski definition) is 1. The number of benzene rings is 1. The molecule has 0 spiro atoms. The van der Waals surface area contributed by atoms with Crippen LogP contribution in [0.4, 0.5) is 5.69 Å². The highest BCUT2D eigenvalue weighted by molar-refractivity contribution is 9.10. The Morgan fingerprint density at radius 2 is 1.69 bits per heavy atom. The van der Waals surface area contributed by atoms with E-state index in [-0.39, 0.29) is 0 Å². The number of hydrogen-bond donors (Lipinski definition) is 0. The fraction of sp³-hybridized carbons (Fsp3) is 0.455. The maximum absolute atomic E-state index is 3.44. The predicted octanol–water partition coefficient (Wildman–Crippen LogP) is 3.30. The Morgan fingerprint density at radius 3 is 2.15 bits per heavy atom. The molecular weight excluding hydrogens is 226 g/mol. The average Bonchev–Trinajstić information content (AvgIpc) is 2.01. The van der Waals surface area contributed by atoms with Crippen molar-refractivity contribution >= 4 is 21.6 Å². The highest BCUT2D eigenvalue weighted by atomic mass is 79.9. The second-order valence-corrected chi connectivity index (χ2v) is 5.41. The van der Waals surface area contributed by atoms with Crippen LogP contribution in [0.15, 0.2) is 28.7 Å². The molecule has 0 aromatic heterocycles. The first-order chi connectivity index (χ1) is 6.07. The fourth-order valence-corrected chi connectivity index (χ4v) is 2.09. The van der Waals surface area contributed by atoms with E-state index in [2.05, 4.69) is 58.9 Å². The maximum atomic E-state index is 3.44. The van der Waals surface area contributed by atoms with Gasteiger partial charge in [0.1, 0.15) is 0 Å². The van der Waals surface area contributed by atoms with Gasteiger partial charge >= 0.3 is 0 Å². The Hall–Kier alpha value is -0.500. The van der Waals surface area contributed by atoms with Crippen LogP contribution in [-0.4, -0.2) is 13.1 Å². The summed E-state index contributed by atoms with van der Waals surface area (Å²) in [5.41, 5.74) is 1.84. The summed E-state index contributed by atoms with van der Waals surface area (Å²) in [7, 11) is 0. The van der Waals surface area contributed by atoms with Gasteiger partial charge in [0.15, 0.2) is 0 Å². The Morgan fingerprint density at radius 1 is 1.15 bits per heavy atom. The second kappa shape index (κ2) is 3.02. The van der Waals surface area contributed by atoms with E-state index in [4.69, 9.17) is 0 Å². The predicted molar refractivity (Wildman–Crippen MR) is 60.1 cm³/mol. The molecule has 0 unspecified atom stereocenters. The largest absolute Gasteiger partial charge is 0.370 e. The van der Waals surface area contributed by atoms with Crippen LogP contribution in [0, 0.1) is 5.41 Å². The van der Waals surface area contributed by atoms with Crippen molar-refractivity contribution < 1.29 is 0 Å². The monoisotopic (exact) mass is 239 g/mol. The van der Waals surface area contributed by atoms with Crippen molar-refractivity contribution in [1.82, 2.24) is 0 Å². The molecule has 0 atom stereocenters. The minimum atomic E-state index is 0.507. The standard InChI is InChI=1S/C11H14BrN/c1-11(2)7-13(8-11)10-5-3-9(12)4-6-10/h3-6H,7-8H2,1-2H3. The van der Waals surface area contributed by atoms with Gasteiger partial charge in [-0.1, -0.05) is 29.8 Å². The lowest BCUT2D eigenvalue weighted by atomic mass is 9.84. The topological polar surface area (TPSA) is 3.24 Å². The van der Waals surface area contributed by atoms with Crippen molar-refractivity contribution in [3.63, 3.8) is 0 Å². The van der Waals surface area contributed by atoms with E-state index in [1.165, 1.54) is 18.8 Å². The Bertz CT molecular complexity index is 294. The summed E-state index contributed by atoms with van der Waals surface area (Å²) in [6.45, 7) is 6.97. The summed E-state index contributed by atoms with van der Waals surface area (Å²) in [5.74, 6) is 0. The first-order valence-electron chi connectivity index (χ1n) is 4.57. The van der Waals surface area contributed by atoms with Crippen LogP contribution in [0.3, 0.4) is 0 Å². The van der Waals surface area contributed by atoms with E-state index in [0.717, 1.165) is 4.47 Å². The van der Waals surface area contributed by atoms with Gasteiger partial charge < -0.3 is 4.90 Å². The minimum Gasteiger partial charge on any atom is -0.370 e. The van der Waals surface area contributed by atoms with Crippen molar-refractivity contribution in [3.8, 4) is 0 Å². The molecule has 0 bridgehead atoms. The minimum absolute atomic E-state index is 0.507. The van der Waals surface area contributed by atoms with Crippen molar-refractivity contribution in [2.45, 2.75) is 13.8 Å². The number of anilines is 1. The molecule has 0 saturated carbocycles. The lowest BCUT2D eigenvalue weighted by molar-refractivity contribution is 0.276. The highest BCUT2D eigenvalue weighted by Gasteiger charge is 2.33. The first-order valence-corrected chi connectivity index (χ1v) is 5.37. The molecule has 1 saturated heterocycles. The van der Waals surface area contributed by atoms with Crippen molar-refractivity contribution in [2.75, 3.05) is 18.0 Å². The zero-order valence-electron chi connectivity index (χ0n) is 8.05. The van der Waals surface area contributed by atoms with E-state index in [1.54, 1.807) is 0 Å². The quantitative estimate of drug-likeness (QED) is 0.728. The van der Waals surface area contributed by atoms with Gasteiger partial charge in [0.25, 0.3) is 0 Å². The molecule has 0 amide bonds. The molecule has 1 fully saturated rings. The van der Waals surface area contributed by atoms with E-state index in [1.807, 2.05) is 0 Å². The molecule has 0 radical (unpaired) electrons. The van der Waals surface area contributed by atoms with Crippen LogP contribution >= 0.6 is 15.9 Å². The van der Waals surface area contributed by atoms with Gasteiger partial charge in [-0.05, 0) is 29.7 Å². The molecular formula is C11H14BrN. The SMILES string of the molecule is CC1(C)CN(c2ccc(Br)cc2)C1. The van der Waals surface area contributed by atoms with Gasteiger partial charge in [-0.2, -0.15) is 0 Å².